The van der Waals surface area contributed by atoms with Crippen molar-refractivity contribution in [2.75, 3.05) is 18.9 Å². The summed E-state index contributed by atoms with van der Waals surface area (Å²) >= 11 is 11.9. The molecule has 0 aromatic heterocycles. The van der Waals surface area contributed by atoms with Gasteiger partial charge in [-0.25, -0.2) is 4.79 Å². The molecule has 0 atom stereocenters. The van der Waals surface area contributed by atoms with Gasteiger partial charge in [0.25, 0.3) is 5.69 Å². The molecule has 0 spiro atoms. The predicted molar refractivity (Wildman–Crippen MR) is 89.7 cm³/mol. The van der Waals surface area contributed by atoms with Crippen molar-refractivity contribution in [1.29, 1.82) is 0 Å². The van der Waals surface area contributed by atoms with E-state index in [-0.39, 0.29) is 30.2 Å². The summed E-state index contributed by atoms with van der Waals surface area (Å²) in [5.41, 5.74) is 5.09. The van der Waals surface area contributed by atoms with Crippen LogP contribution in [-0.4, -0.2) is 24.1 Å². The molecule has 0 saturated carbocycles. The second-order valence-corrected chi connectivity index (χ2v) is 5.38. The van der Waals surface area contributed by atoms with E-state index in [0.717, 1.165) is 6.07 Å². The molecule has 0 heterocycles. The van der Waals surface area contributed by atoms with Crippen molar-refractivity contribution in [2.45, 2.75) is 0 Å². The molecule has 0 aliphatic rings. The molecule has 9 heteroatoms. The number of hydrogen-bond donors (Lipinski definition) is 1. The highest BCUT2D eigenvalue weighted by molar-refractivity contribution is 6.37. The number of nitro groups is 1. The number of rotatable bonds is 6. The first kappa shape index (κ1) is 17.8. The number of carbonyl (C=O) groups is 1. The SMILES string of the molecule is Nc1ccc(C(=O)OCCOc2c(Cl)cccc2Cl)cc1[N+](=O)[O-]. The quantitative estimate of drug-likeness (QED) is 0.273. The third kappa shape index (κ3) is 4.27. The monoisotopic (exact) mass is 370 g/mol. The molecule has 0 amide bonds. The van der Waals surface area contributed by atoms with Crippen LogP contribution < -0.4 is 10.5 Å². The molecular formula is C15H12Cl2N2O5. The van der Waals surface area contributed by atoms with Crippen LogP contribution in [0.15, 0.2) is 36.4 Å². The van der Waals surface area contributed by atoms with E-state index in [1.807, 2.05) is 0 Å². The second kappa shape index (κ2) is 7.85. The molecule has 0 unspecified atom stereocenters. The lowest BCUT2D eigenvalue weighted by atomic mass is 10.2. The Labute approximate surface area is 147 Å². The van der Waals surface area contributed by atoms with Gasteiger partial charge in [0.15, 0.2) is 5.75 Å². The molecule has 0 fully saturated rings. The summed E-state index contributed by atoms with van der Waals surface area (Å²) in [6, 6.07) is 8.57. The number of carbonyl (C=O) groups excluding carboxylic acids is 1. The number of nitro benzene ring substituents is 1. The molecule has 0 saturated heterocycles. The van der Waals surface area contributed by atoms with Crippen LogP contribution in [0, 0.1) is 10.1 Å². The minimum absolute atomic E-state index is 0.0201. The van der Waals surface area contributed by atoms with E-state index in [0.29, 0.717) is 15.8 Å². The van der Waals surface area contributed by atoms with Crippen LogP contribution in [0.2, 0.25) is 10.0 Å². The molecule has 2 rings (SSSR count). The maximum atomic E-state index is 11.9. The van der Waals surface area contributed by atoms with E-state index in [4.69, 9.17) is 38.4 Å². The minimum atomic E-state index is -0.730. The fourth-order valence-electron chi connectivity index (χ4n) is 1.81. The Balaban J connectivity index is 1.92. The van der Waals surface area contributed by atoms with Gasteiger partial charge in [0.05, 0.1) is 20.5 Å². The lowest BCUT2D eigenvalue weighted by Gasteiger charge is -2.10. The number of nitrogens with zero attached hydrogens (tertiary/aromatic N) is 1. The highest BCUT2D eigenvalue weighted by Crippen LogP contribution is 2.32. The average molecular weight is 371 g/mol. The molecular weight excluding hydrogens is 359 g/mol. The highest BCUT2D eigenvalue weighted by atomic mass is 35.5. The lowest BCUT2D eigenvalue weighted by Crippen LogP contribution is -2.13. The molecule has 2 N–H and O–H groups in total. The van der Waals surface area contributed by atoms with Crippen LogP contribution in [0.25, 0.3) is 0 Å². The first-order chi connectivity index (χ1) is 11.4. The van der Waals surface area contributed by atoms with Gasteiger partial charge in [-0.2, -0.15) is 0 Å². The number of para-hydroxylation sites is 1. The highest BCUT2D eigenvalue weighted by Gasteiger charge is 2.16. The van der Waals surface area contributed by atoms with Gasteiger partial charge < -0.3 is 15.2 Å². The van der Waals surface area contributed by atoms with Crippen molar-refractivity contribution >= 4 is 40.5 Å². The normalized spacial score (nSPS) is 10.2. The fourth-order valence-corrected chi connectivity index (χ4v) is 2.32. The van der Waals surface area contributed by atoms with Crippen LogP contribution in [0.5, 0.6) is 5.75 Å². The van der Waals surface area contributed by atoms with Crippen molar-refractivity contribution in [3.05, 3.63) is 62.1 Å². The molecule has 126 valence electrons. The van der Waals surface area contributed by atoms with E-state index in [9.17, 15) is 14.9 Å². The van der Waals surface area contributed by atoms with E-state index in [2.05, 4.69) is 0 Å². The number of anilines is 1. The number of nitrogen functional groups attached to an aromatic ring is 1. The van der Waals surface area contributed by atoms with Gasteiger partial charge in [-0.15, -0.1) is 0 Å². The number of nitrogens with two attached hydrogens (primary N) is 1. The van der Waals surface area contributed by atoms with Crippen LogP contribution >= 0.6 is 23.2 Å². The average Bonchev–Trinajstić information content (AvgIpc) is 2.53. The van der Waals surface area contributed by atoms with Crippen molar-refractivity contribution in [1.82, 2.24) is 0 Å². The molecule has 0 radical (unpaired) electrons. The smallest absolute Gasteiger partial charge is 0.338 e. The lowest BCUT2D eigenvalue weighted by molar-refractivity contribution is -0.383. The first-order valence-electron chi connectivity index (χ1n) is 6.68. The van der Waals surface area contributed by atoms with Crippen molar-refractivity contribution in [2.24, 2.45) is 0 Å². The summed E-state index contributed by atoms with van der Waals surface area (Å²) in [5.74, 6) is -0.438. The number of hydrogen-bond acceptors (Lipinski definition) is 6. The molecule has 0 aliphatic carbocycles. The van der Waals surface area contributed by atoms with Crippen LogP contribution in [-0.2, 0) is 4.74 Å². The first-order valence-corrected chi connectivity index (χ1v) is 7.43. The van der Waals surface area contributed by atoms with Crippen molar-refractivity contribution in [3.63, 3.8) is 0 Å². The Hall–Kier alpha value is -2.51. The molecule has 0 bridgehead atoms. The van der Waals surface area contributed by atoms with E-state index < -0.39 is 10.9 Å². The summed E-state index contributed by atoms with van der Waals surface area (Å²) in [5, 5.41) is 11.5. The van der Waals surface area contributed by atoms with E-state index >= 15 is 0 Å². The summed E-state index contributed by atoms with van der Waals surface area (Å²) < 4.78 is 10.4. The van der Waals surface area contributed by atoms with Gasteiger partial charge in [0, 0.05) is 6.07 Å². The third-order valence-electron chi connectivity index (χ3n) is 2.94. The molecule has 7 nitrogen and oxygen atoms in total. The zero-order chi connectivity index (χ0) is 17.7. The number of halogens is 2. The van der Waals surface area contributed by atoms with Crippen LogP contribution in [0.3, 0.4) is 0 Å². The Morgan fingerprint density at radius 1 is 1.17 bits per heavy atom. The predicted octanol–water partition coefficient (Wildman–Crippen LogP) is 3.72. The van der Waals surface area contributed by atoms with E-state index in [1.165, 1.54) is 12.1 Å². The maximum absolute atomic E-state index is 11.9. The Bertz CT molecular complexity index is 762. The Kier molecular flexibility index (Phi) is 5.83. The maximum Gasteiger partial charge on any atom is 0.338 e. The van der Waals surface area contributed by atoms with E-state index in [1.54, 1.807) is 18.2 Å². The second-order valence-electron chi connectivity index (χ2n) is 4.57. The number of benzene rings is 2. The van der Waals surface area contributed by atoms with Crippen LogP contribution in [0.1, 0.15) is 10.4 Å². The van der Waals surface area contributed by atoms with Gasteiger partial charge in [0.2, 0.25) is 0 Å². The molecule has 0 aliphatic heterocycles. The summed E-state index contributed by atoms with van der Waals surface area (Å²) in [4.78, 5) is 22.0. The number of ether oxygens (including phenoxy) is 2. The largest absolute Gasteiger partial charge is 0.487 e. The van der Waals surface area contributed by atoms with Crippen LogP contribution in [0.4, 0.5) is 11.4 Å². The number of esters is 1. The standard InChI is InChI=1S/C15H12Cl2N2O5/c16-10-2-1-3-11(17)14(10)23-6-7-24-15(20)9-4-5-12(18)13(8-9)19(21)22/h1-5,8H,6-7,18H2. The molecule has 2 aromatic carbocycles. The molecule has 2 aromatic rings. The van der Waals surface area contributed by atoms with Gasteiger partial charge >= 0.3 is 5.97 Å². The summed E-state index contributed by atoms with van der Waals surface area (Å²) in [6.45, 7) is -0.0647. The van der Waals surface area contributed by atoms with Crippen molar-refractivity contribution in [3.8, 4) is 5.75 Å². The topological polar surface area (TPSA) is 105 Å². The zero-order valence-electron chi connectivity index (χ0n) is 12.2. The van der Waals surface area contributed by atoms with Gasteiger partial charge in [-0.05, 0) is 24.3 Å². The van der Waals surface area contributed by atoms with Gasteiger partial charge in [-0.1, -0.05) is 29.3 Å². The summed E-state index contributed by atoms with van der Waals surface area (Å²) in [7, 11) is 0. The van der Waals surface area contributed by atoms with Gasteiger partial charge in [0.1, 0.15) is 18.9 Å². The minimum Gasteiger partial charge on any atom is -0.487 e. The van der Waals surface area contributed by atoms with Gasteiger partial charge in [-0.3, -0.25) is 10.1 Å². The van der Waals surface area contributed by atoms with Crippen molar-refractivity contribution < 1.29 is 19.2 Å². The Morgan fingerprint density at radius 2 is 1.83 bits per heavy atom. The third-order valence-corrected chi connectivity index (χ3v) is 3.54. The molecule has 24 heavy (non-hydrogen) atoms. The fraction of sp³-hybridized carbons (Fsp3) is 0.133. The zero-order valence-corrected chi connectivity index (χ0v) is 13.7. The Morgan fingerprint density at radius 3 is 2.46 bits per heavy atom. The summed E-state index contributed by atoms with van der Waals surface area (Å²) in [6.07, 6.45) is 0.